The summed E-state index contributed by atoms with van der Waals surface area (Å²) >= 11 is 7.44. The number of amides is 1. The SMILES string of the molecule is C=CCSc1ccccc1NC(=O)C(C)(C)CCl. The van der Waals surface area contributed by atoms with Crippen molar-refractivity contribution in [2.45, 2.75) is 18.7 Å². The Morgan fingerprint density at radius 1 is 1.50 bits per heavy atom. The highest BCUT2D eigenvalue weighted by Gasteiger charge is 2.26. The van der Waals surface area contributed by atoms with Gasteiger partial charge in [0.15, 0.2) is 0 Å². The summed E-state index contributed by atoms with van der Waals surface area (Å²) in [4.78, 5) is 13.1. The smallest absolute Gasteiger partial charge is 0.231 e. The number of anilines is 1. The Morgan fingerprint density at radius 2 is 2.17 bits per heavy atom. The van der Waals surface area contributed by atoms with Crippen LogP contribution in [0.15, 0.2) is 41.8 Å². The van der Waals surface area contributed by atoms with Crippen LogP contribution in [0.3, 0.4) is 0 Å². The number of benzene rings is 1. The van der Waals surface area contributed by atoms with Crippen LogP contribution in [-0.4, -0.2) is 17.5 Å². The number of carbonyl (C=O) groups excluding carboxylic acids is 1. The second-order valence-corrected chi connectivity index (χ2v) is 5.90. The van der Waals surface area contributed by atoms with Crippen molar-refractivity contribution in [3.05, 3.63) is 36.9 Å². The normalized spacial score (nSPS) is 11.1. The first-order valence-corrected chi connectivity index (χ1v) is 7.23. The van der Waals surface area contributed by atoms with E-state index in [1.165, 1.54) is 0 Å². The average Bonchev–Trinajstić information content (AvgIpc) is 2.37. The number of halogens is 1. The minimum Gasteiger partial charge on any atom is -0.325 e. The van der Waals surface area contributed by atoms with Gasteiger partial charge in [-0.1, -0.05) is 18.2 Å². The first-order valence-electron chi connectivity index (χ1n) is 5.71. The number of hydrogen-bond acceptors (Lipinski definition) is 2. The van der Waals surface area contributed by atoms with Crippen molar-refractivity contribution in [2.24, 2.45) is 5.41 Å². The molecule has 2 nitrogen and oxygen atoms in total. The van der Waals surface area contributed by atoms with Crippen LogP contribution in [0.5, 0.6) is 0 Å². The molecule has 0 radical (unpaired) electrons. The van der Waals surface area contributed by atoms with Gasteiger partial charge in [-0.15, -0.1) is 29.9 Å². The molecule has 1 N–H and O–H groups in total. The predicted molar refractivity (Wildman–Crippen MR) is 80.5 cm³/mol. The highest BCUT2D eigenvalue weighted by atomic mass is 35.5. The highest BCUT2D eigenvalue weighted by molar-refractivity contribution is 7.99. The van der Waals surface area contributed by atoms with Crippen molar-refractivity contribution >= 4 is 35.0 Å². The van der Waals surface area contributed by atoms with E-state index in [9.17, 15) is 4.79 Å². The van der Waals surface area contributed by atoms with Crippen LogP contribution in [-0.2, 0) is 4.79 Å². The average molecular weight is 284 g/mol. The van der Waals surface area contributed by atoms with Crippen molar-refractivity contribution in [3.63, 3.8) is 0 Å². The number of thioether (sulfide) groups is 1. The number of carbonyl (C=O) groups is 1. The molecule has 0 fully saturated rings. The third-order valence-electron chi connectivity index (χ3n) is 2.44. The molecule has 1 amide bonds. The van der Waals surface area contributed by atoms with Crippen molar-refractivity contribution in [1.29, 1.82) is 0 Å². The molecule has 0 aromatic heterocycles. The fourth-order valence-corrected chi connectivity index (χ4v) is 2.06. The molecule has 4 heteroatoms. The van der Waals surface area contributed by atoms with E-state index >= 15 is 0 Å². The maximum absolute atomic E-state index is 12.1. The summed E-state index contributed by atoms with van der Waals surface area (Å²) in [6.07, 6.45) is 1.84. The lowest BCUT2D eigenvalue weighted by atomic mass is 9.95. The molecule has 0 spiro atoms. The van der Waals surface area contributed by atoms with Crippen LogP contribution < -0.4 is 5.32 Å². The van der Waals surface area contributed by atoms with Gasteiger partial charge >= 0.3 is 0 Å². The van der Waals surface area contributed by atoms with Crippen LogP contribution >= 0.6 is 23.4 Å². The molecular weight excluding hydrogens is 266 g/mol. The lowest BCUT2D eigenvalue weighted by molar-refractivity contribution is -0.122. The summed E-state index contributed by atoms with van der Waals surface area (Å²) in [7, 11) is 0. The monoisotopic (exact) mass is 283 g/mol. The number of nitrogens with one attached hydrogen (secondary N) is 1. The van der Waals surface area contributed by atoms with E-state index in [1.54, 1.807) is 11.8 Å². The van der Waals surface area contributed by atoms with E-state index in [-0.39, 0.29) is 5.91 Å². The minimum absolute atomic E-state index is 0.0656. The zero-order chi connectivity index (χ0) is 13.6. The van der Waals surface area contributed by atoms with Crippen molar-refractivity contribution in [1.82, 2.24) is 0 Å². The Balaban J connectivity index is 2.84. The standard InChI is InChI=1S/C14H18ClNOS/c1-4-9-18-12-8-6-5-7-11(12)16-13(17)14(2,3)10-15/h4-8H,1,9-10H2,2-3H3,(H,16,17). The van der Waals surface area contributed by atoms with Gasteiger partial charge in [0.2, 0.25) is 5.91 Å². The Kier molecular flexibility index (Phi) is 5.76. The van der Waals surface area contributed by atoms with E-state index < -0.39 is 5.41 Å². The highest BCUT2D eigenvalue weighted by Crippen LogP contribution is 2.29. The van der Waals surface area contributed by atoms with Gasteiger partial charge in [0, 0.05) is 16.5 Å². The number of para-hydroxylation sites is 1. The zero-order valence-corrected chi connectivity index (χ0v) is 12.3. The molecule has 18 heavy (non-hydrogen) atoms. The van der Waals surface area contributed by atoms with Crippen LogP contribution in [0.25, 0.3) is 0 Å². The van der Waals surface area contributed by atoms with Crippen LogP contribution in [0.2, 0.25) is 0 Å². The van der Waals surface area contributed by atoms with Gasteiger partial charge in [-0.05, 0) is 26.0 Å². The minimum atomic E-state index is -0.572. The molecule has 98 valence electrons. The number of rotatable bonds is 6. The molecule has 0 heterocycles. The van der Waals surface area contributed by atoms with Crippen molar-refractivity contribution in [3.8, 4) is 0 Å². The first kappa shape index (κ1) is 15.1. The Labute approximate surface area is 118 Å². The van der Waals surface area contributed by atoms with Crippen molar-refractivity contribution in [2.75, 3.05) is 16.9 Å². The Hall–Kier alpha value is -0.930. The summed E-state index contributed by atoms with van der Waals surface area (Å²) in [5.74, 6) is 1.04. The summed E-state index contributed by atoms with van der Waals surface area (Å²) in [6, 6.07) is 7.74. The van der Waals surface area contributed by atoms with Crippen LogP contribution in [0.4, 0.5) is 5.69 Å². The molecule has 1 aromatic rings. The van der Waals surface area contributed by atoms with E-state index in [4.69, 9.17) is 11.6 Å². The summed E-state index contributed by atoms with van der Waals surface area (Å²) in [5.41, 5.74) is 0.255. The second-order valence-electron chi connectivity index (χ2n) is 4.57. The molecule has 0 saturated carbocycles. The second kappa shape index (κ2) is 6.86. The van der Waals surface area contributed by atoms with Gasteiger partial charge in [0.25, 0.3) is 0 Å². The zero-order valence-electron chi connectivity index (χ0n) is 10.7. The van der Waals surface area contributed by atoms with E-state index in [0.29, 0.717) is 5.88 Å². The molecule has 0 unspecified atom stereocenters. The van der Waals surface area contributed by atoms with E-state index in [1.807, 2.05) is 44.2 Å². The third-order valence-corrected chi connectivity index (χ3v) is 4.18. The summed E-state index contributed by atoms with van der Waals surface area (Å²) in [5, 5.41) is 2.93. The quantitative estimate of drug-likeness (QED) is 0.482. The number of alkyl halides is 1. The molecule has 0 aliphatic carbocycles. The maximum Gasteiger partial charge on any atom is 0.231 e. The van der Waals surface area contributed by atoms with Crippen LogP contribution in [0.1, 0.15) is 13.8 Å². The van der Waals surface area contributed by atoms with Crippen LogP contribution in [0, 0.1) is 5.41 Å². The Bertz CT molecular complexity index is 432. The van der Waals surface area contributed by atoms with E-state index in [0.717, 1.165) is 16.3 Å². The molecule has 0 saturated heterocycles. The number of hydrogen-bond donors (Lipinski definition) is 1. The third kappa shape index (κ3) is 4.07. The molecule has 0 atom stereocenters. The maximum atomic E-state index is 12.1. The molecular formula is C14H18ClNOS. The first-order chi connectivity index (χ1) is 8.51. The topological polar surface area (TPSA) is 29.1 Å². The van der Waals surface area contributed by atoms with Gasteiger partial charge in [-0.25, -0.2) is 0 Å². The summed E-state index contributed by atoms with van der Waals surface area (Å²) in [6.45, 7) is 7.35. The fourth-order valence-electron chi connectivity index (χ4n) is 1.20. The molecule has 0 bridgehead atoms. The van der Waals surface area contributed by atoms with Gasteiger partial charge < -0.3 is 5.32 Å². The van der Waals surface area contributed by atoms with Gasteiger partial charge in [-0.2, -0.15) is 0 Å². The summed E-state index contributed by atoms with van der Waals surface area (Å²) < 4.78 is 0. The van der Waals surface area contributed by atoms with E-state index in [2.05, 4.69) is 11.9 Å². The Morgan fingerprint density at radius 3 is 2.78 bits per heavy atom. The molecule has 1 rings (SSSR count). The lowest BCUT2D eigenvalue weighted by Crippen LogP contribution is -2.32. The van der Waals surface area contributed by atoms with Crippen molar-refractivity contribution < 1.29 is 4.79 Å². The molecule has 0 aliphatic rings. The predicted octanol–water partition coefficient (Wildman–Crippen LogP) is 4.17. The largest absolute Gasteiger partial charge is 0.325 e. The van der Waals surface area contributed by atoms with Gasteiger partial charge in [0.05, 0.1) is 11.1 Å². The molecule has 0 aliphatic heterocycles. The van der Waals surface area contributed by atoms with Gasteiger partial charge in [-0.3, -0.25) is 4.79 Å². The van der Waals surface area contributed by atoms with Gasteiger partial charge in [0.1, 0.15) is 0 Å². The fraction of sp³-hybridized carbons (Fsp3) is 0.357. The lowest BCUT2D eigenvalue weighted by Gasteiger charge is -2.21. The molecule has 1 aromatic carbocycles.